The van der Waals surface area contributed by atoms with Crippen molar-refractivity contribution in [1.29, 1.82) is 0 Å². The zero-order valence-electron chi connectivity index (χ0n) is 14.1. The van der Waals surface area contributed by atoms with Gasteiger partial charge in [0.1, 0.15) is 11.9 Å². The Labute approximate surface area is 145 Å². The molecule has 1 N–H and O–H groups in total. The van der Waals surface area contributed by atoms with Crippen LogP contribution >= 0.6 is 0 Å². The number of amides is 1. The molecule has 132 valence electrons. The molecule has 0 saturated carbocycles. The second kappa shape index (κ2) is 7.51. The lowest BCUT2D eigenvalue weighted by Crippen LogP contribution is -2.47. The van der Waals surface area contributed by atoms with E-state index in [1.54, 1.807) is 17.2 Å². The Morgan fingerprint density at radius 3 is 2.92 bits per heavy atom. The van der Waals surface area contributed by atoms with Gasteiger partial charge >= 0.3 is 5.97 Å². The van der Waals surface area contributed by atoms with Crippen LogP contribution in [-0.4, -0.2) is 41.5 Å². The Balaban J connectivity index is 1.83. The highest BCUT2D eigenvalue weighted by molar-refractivity contribution is 5.91. The number of H-pyrrole nitrogens is 1. The number of carbonyl (C=O) groups excluding carboxylic acids is 2. The van der Waals surface area contributed by atoms with Crippen molar-refractivity contribution in [3.05, 3.63) is 47.9 Å². The van der Waals surface area contributed by atoms with Gasteiger partial charge in [-0.25, -0.2) is 9.18 Å². The van der Waals surface area contributed by atoms with E-state index < -0.39 is 6.04 Å². The first-order valence-corrected chi connectivity index (χ1v) is 8.38. The third-order valence-corrected chi connectivity index (χ3v) is 4.55. The Morgan fingerprint density at radius 1 is 1.32 bits per heavy atom. The van der Waals surface area contributed by atoms with Crippen molar-refractivity contribution < 1.29 is 18.7 Å². The van der Waals surface area contributed by atoms with Gasteiger partial charge in [0.25, 0.3) is 0 Å². The van der Waals surface area contributed by atoms with Crippen molar-refractivity contribution in [2.75, 3.05) is 13.7 Å². The number of ether oxygens (including phenoxy) is 1. The highest BCUT2D eigenvalue weighted by atomic mass is 19.1. The van der Waals surface area contributed by atoms with Crippen LogP contribution in [0, 0.1) is 5.82 Å². The topological polar surface area (TPSA) is 62.4 Å². The Bertz CT molecular complexity index is 812. The van der Waals surface area contributed by atoms with E-state index in [9.17, 15) is 14.0 Å². The number of allylic oxidation sites excluding steroid dienone is 1. The molecule has 2 aromatic rings. The van der Waals surface area contributed by atoms with E-state index in [1.165, 1.54) is 19.2 Å². The molecular weight excluding hydrogens is 323 g/mol. The molecule has 0 aliphatic carbocycles. The van der Waals surface area contributed by atoms with Crippen molar-refractivity contribution in [3.8, 4) is 0 Å². The lowest BCUT2D eigenvalue weighted by Gasteiger charge is -2.30. The largest absolute Gasteiger partial charge is 0.467 e. The fourth-order valence-electron chi connectivity index (χ4n) is 3.26. The number of hydrogen-bond donors (Lipinski definition) is 1. The van der Waals surface area contributed by atoms with Crippen LogP contribution in [0.3, 0.4) is 0 Å². The number of aromatic amines is 1. The first kappa shape index (κ1) is 17.2. The maximum Gasteiger partial charge on any atom is 0.328 e. The minimum absolute atomic E-state index is 0.129. The van der Waals surface area contributed by atoms with Crippen molar-refractivity contribution >= 4 is 22.8 Å². The fourth-order valence-corrected chi connectivity index (χ4v) is 3.26. The number of hydrogen-bond acceptors (Lipinski definition) is 3. The van der Waals surface area contributed by atoms with Gasteiger partial charge < -0.3 is 14.6 Å². The van der Waals surface area contributed by atoms with E-state index in [0.29, 0.717) is 24.9 Å². The van der Waals surface area contributed by atoms with Crippen LogP contribution in [0.15, 0.2) is 36.5 Å². The molecule has 1 aliphatic heterocycles. The summed E-state index contributed by atoms with van der Waals surface area (Å²) in [6.07, 6.45) is 7.93. The van der Waals surface area contributed by atoms with Crippen LogP contribution in [0.5, 0.6) is 0 Å². The summed E-state index contributed by atoms with van der Waals surface area (Å²) < 4.78 is 18.2. The van der Waals surface area contributed by atoms with Gasteiger partial charge in [0.05, 0.1) is 13.5 Å². The van der Waals surface area contributed by atoms with Crippen LogP contribution in [0.2, 0.25) is 0 Å². The van der Waals surface area contributed by atoms with E-state index in [2.05, 4.69) is 4.98 Å². The first-order valence-electron chi connectivity index (χ1n) is 8.38. The van der Waals surface area contributed by atoms with Gasteiger partial charge in [0.15, 0.2) is 0 Å². The van der Waals surface area contributed by atoms with E-state index in [0.717, 1.165) is 17.4 Å². The molecule has 0 spiro atoms. The second-order valence-corrected chi connectivity index (χ2v) is 6.14. The van der Waals surface area contributed by atoms with E-state index >= 15 is 0 Å². The quantitative estimate of drug-likeness (QED) is 0.688. The van der Waals surface area contributed by atoms with Crippen LogP contribution in [0.1, 0.15) is 24.8 Å². The van der Waals surface area contributed by atoms with Gasteiger partial charge in [-0.1, -0.05) is 12.2 Å². The van der Waals surface area contributed by atoms with Crippen molar-refractivity contribution in [1.82, 2.24) is 9.88 Å². The third-order valence-electron chi connectivity index (χ3n) is 4.55. The molecule has 1 aliphatic rings. The van der Waals surface area contributed by atoms with Crippen LogP contribution in [0.4, 0.5) is 4.39 Å². The number of nitrogens with one attached hydrogen (secondary N) is 1. The van der Waals surface area contributed by atoms with Gasteiger partial charge in [-0.3, -0.25) is 4.79 Å². The molecule has 25 heavy (non-hydrogen) atoms. The zero-order valence-corrected chi connectivity index (χ0v) is 14.1. The van der Waals surface area contributed by atoms with Crippen molar-refractivity contribution in [2.24, 2.45) is 0 Å². The number of methoxy groups -OCH3 is 1. The molecule has 6 heteroatoms. The minimum Gasteiger partial charge on any atom is -0.467 e. The first-order chi connectivity index (χ1) is 12.1. The molecule has 1 aromatic carbocycles. The number of benzene rings is 1. The molecule has 1 atom stereocenters. The van der Waals surface area contributed by atoms with Crippen LogP contribution in [-0.2, 0) is 20.7 Å². The Morgan fingerprint density at radius 2 is 2.12 bits per heavy atom. The molecule has 1 aromatic heterocycles. The molecule has 1 amide bonds. The number of rotatable bonds is 3. The van der Waals surface area contributed by atoms with Gasteiger partial charge in [-0.15, -0.1) is 0 Å². The summed E-state index contributed by atoms with van der Waals surface area (Å²) in [7, 11) is 1.34. The van der Waals surface area contributed by atoms with E-state index in [4.69, 9.17) is 4.74 Å². The standard InChI is InChI=1S/C19H21FN2O3/c1-25-19(24)17-6-4-2-3-5-9-22(17)18(23)10-13-12-21-16-11-14(20)7-8-15(13)16/h2-3,7-8,11-12,17,21H,4-6,9-10H2,1H3/b3-2+. The van der Waals surface area contributed by atoms with Gasteiger partial charge in [-0.2, -0.15) is 0 Å². The maximum absolute atomic E-state index is 13.3. The molecule has 3 rings (SSSR count). The zero-order chi connectivity index (χ0) is 17.8. The van der Waals surface area contributed by atoms with Crippen LogP contribution < -0.4 is 0 Å². The average Bonchev–Trinajstić information content (AvgIpc) is 2.96. The highest BCUT2D eigenvalue weighted by Crippen LogP contribution is 2.22. The van der Waals surface area contributed by atoms with E-state index in [1.807, 2.05) is 12.2 Å². The summed E-state index contributed by atoms with van der Waals surface area (Å²) in [5, 5.41) is 0.816. The number of nitrogens with zero attached hydrogens (tertiary/aromatic N) is 1. The van der Waals surface area contributed by atoms with Gasteiger partial charge in [0, 0.05) is 23.6 Å². The number of esters is 1. The van der Waals surface area contributed by atoms with E-state index in [-0.39, 0.29) is 24.1 Å². The highest BCUT2D eigenvalue weighted by Gasteiger charge is 2.30. The molecule has 0 bridgehead atoms. The van der Waals surface area contributed by atoms with Crippen molar-refractivity contribution in [3.63, 3.8) is 0 Å². The Hall–Kier alpha value is -2.63. The summed E-state index contributed by atoms with van der Waals surface area (Å²) >= 11 is 0. The maximum atomic E-state index is 13.3. The number of carbonyl (C=O) groups is 2. The average molecular weight is 344 g/mol. The van der Waals surface area contributed by atoms with Gasteiger partial charge in [-0.05, 0) is 43.0 Å². The molecule has 1 unspecified atom stereocenters. The Kier molecular flexibility index (Phi) is 5.16. The summed E-state index contributed by atoms with van der Waals surface area (Å²) in [6.45, 7) is 0.478. The number of aromatic nitrogens is 1. The predicted octanol–water partition coefficient (Wildman–Crippen LogP) is 2.96. The smallest absolute Gasteiger partial charge is 0.328 e. The van der Waals surface area contributed by atoms with Crippen molar-refractivity contribution in [2.45, 2.75) is 31.7 Å². The molecule has 2 heterocycles. The normalized spacial score (nSPS) is 19.3. The summed E-state index contributed by atoms with van der Waals surface area (Å²) in [6, 6.07) is 3.88. The fraction of sp³-hybridized carbons (Fsp3) is 0.368. The minimum atomic E-state index is -0.565. The van der Waals surface area contributed by atoms with Crippen LogP contribution in [0.25, 0.3) is 10.9 Å². The SMILES string of the molecule is COC(=O)C1CC/C=C/CCN1C(=O)Cc1c[nH]c2cc(F)ccc12. The number of halogens is 1. The molecule has 0 fully saturated rings. The lowest BCUT2D eigenvalue weighted by atomic mass is 10.0. The summed E-state index contributed by atoms with van der Waals surface area (Å²) in [4.78, 5) is 29.6. The monoisotopic (exact) mass is 344 g/mol. The predicted molar refractivity (Wildman–Crippen MR) is 92.5 cm³/mol. The van der Waals surface area contributed by atoms with Gasteiger partial charge in [0.2, 0.25) is 5.91 Å². The molecule has 0 saturated heterocycles. The third kappa shape index (κ3) is 3.73. The second-order valence-electron chi connectivity index (χ2n) is 6.14. The number of fused-ring (bicyclic) bond motifs is 1. The summed E-state index contributed by atoms with van der Waals surface area (Å²) in [5.41, 5.74) is 1.45. The molecule has 5 nitrogen and oxygen atoms in total. The lowest BCUT2D eigenvalue weighted by molar-refractivity contribution is -0.153. The molecular formula is C19H21FN2O3. The summed E-state index contributed by atoms with van der Waals surface area (Å²) in [5.74, 6) is -0.839. The molecule has 0 radical (unpaired) electrons.